The molecule has 28 heavy (non-hydrogen) atoms. The summed E-state index contributed by atoms with van der Waals surface area (Å²) in [6.07, 6.45) is 5.58. The minimum absolute atomic E-state index is 0.143. The van der Waals surface area contributed by atoms with Gasteiger partial charge in [-0.3, -0.25) is 4.79 Å². The molecule has 1 aliphatic rings. The normalized spacial score (nSPS) is 14.9. The van der Waals surface area contributed by atoms with Gasteiger partial charge >= 0.3 is 0 Å². The molecule has 0 saturated carbocycles. The predicted molar refractivity (Wildman–Crippen MR) is 113 cm³/mol. The van der Waals surface area contributed by atoms with Crippen molar-refractivity contribution >= 4 is 33.9 Å². The van der Waals surface area contributed by atoms with Crippen molar-refractivity contribution < 1.29 is 9.90 Å². The van der Waals surface area contributed by atoms with Crippen molar-refractivity contribution in [3.63, 3.8) is 0 Å². The second-order valence-electron chi connectivity index (χ2n) is 6.77. The number of phenols is 1. The number of aromatic hydroxyl groups is 1. The fraction of sp³-hybridized carbons (Fsp3) is 0.350. The Morgan fingerprint density at radius 1 is 1.29 bits per heavy atom. The lowest BCUT2D eigenvalue weighted by atomic mass is 9.95. The molecule has 0 radical (unpaired) electrons. The molecule has 1 amide bonds. The largest absolute Gasteiger partial charge is 0.508 e. The summed E-state index contributed by atoms with van der Waals surface area (Å²) in [7, 11) is 1.89. The van der Waals surface area contributed by atoms with Crippen molar-refractivity contribution in [3.8, 4) is 5.75 Å². The molecule has 0 saturated heterocycles. The van der Waals surface area contributed by atoms with Crippen LogP contribution in [0.3, 0.4) is 0 Å². The fourth-order valence-corrected chi connectivity index (χ4v) is 3.95. The number of aryl methyl sites for hydroxylation is 1. The van der Waals surface area contributed by atoms with Gasteiger partial charge in [-0.1, -0.05) is 17.4 Å². The Bertz CT molecular complexity index is 962. The molecule has 7 nitrogen and oxygen atoms in total. The second-order valence-corrected chi connectivity index (χ2v) is 7.78. The first-order chi connectivity index (χ1) is 13.4. The molecule has 0 spiro atoms. The molecule has 1 aromatic carbocycles. The predicted octanol–water partition coefficient (Wildman–Crippen LogP) is 3.75. The Hall–Kier alpha value is -2.87. The van der Waals surface area contributed by atoms with Gasteiger partial charge in [-0.2, -0.15) is 0 Å². The summed E-state index contributed by atoms with van der Waals surface area (Å²) in [5.74, 6) is 0.302. The van der Waals surface area contributed by atoms with E-state index in [0.717, 1.165) is 42.5 Å². The summed E-state index contributed by atoms with van der Waals surface area (Å²) in [6.45, 7) is 3.64. The molecule has 148 valence electrons. The molecule has 0 unspecified atom stereocenters. The maximum atomic E-state index is 12.6. The molecule has 0 fully saturated rings. The highest BCUT2D eigenvalue weighted by Gasteiger charge is 2.17. The van der Waals surface area contributed by atoms with E-state index in [1.807, 2.05) is 14.0 Å². The highest BCUT2D eigenvalue weighted by Crippen LogP contribution is 2.30. The summed E-state index contributed by atoms with van der Waals surface area (Å²) < 4.78 is 0. The molecule has 8 heteroatoms. The van der Waals surface area contributed by atoms with Crippen LogP contribution in [0.1, 0.15) is 46.5 Å². The maximum Gasteiger partial charge on any atom is 0.267 e. The summed E-state index contributed by atoms with van der Waals surface area (Å²) >= 11 is 1.18. The number of hydrogen-bond donors (Lipinski definition) is 4. The van der Waals surface area contributed by atoms with Crippen LogP contribution >= 0.6 is 11.3 Å². The molecule has 0 atom stereocenters. The molecule has 1 aromatic heterocycles. The molecule has 1 aliphatic carbocycles. The van der Waals surface area contributed by atoms with Crippen molar-refractivity contribution in [3.05, 3.63) is 45.6 Å². The molecule has 0 aliphatic heterocycles. The van der Waals surface area contributed by atoms with Gasteiger partial charge in [-0.05, 0) is 51.2 Å². The van der Waals surface area contributed by atoms with Crippen molar-refractivity contribution in [2.45, 2.75) is 39.5 Å². The van der Waals surface area contributed by atoms with E-state index in [0.29, 0.717) is 27.1 Å². The first kappa shape index (κ1) is 19.9. The molecule has 3 rings (SSSR count). The lowest BCUT2D eigenvalue weighted by Gasteiger charge is -2.19. The number of rotatable bonds is 5. The SMILES string of the molecule is CNC1=C(/C(N)=N\c2ncc(C(=O)Nc3c(C)ccc(O)c3C)s2)CCCC1. The van der Waals surface area contributed by atoms with E-state index in [9.17, 15) is 9.90 Å². The van der Waals surface area contributed by atoms with Gasteiger partial charge < -0.3 is 21.5 Å². The van der Waals surface area contributed by atoms with Crippen LogP contribution in [0.25, 0.3) is 0 Å². The minimum Gasteiger partial charge on any atom is -0.508 e. The Balaban J connectivity index is 1.80. The number of nitrogens with one attached hydrogen (secondary N) is 2. The highest BCUT2D eigenvalue weighted by molar-refractivity contribution is 7.17. The number of amidine groups is 1. The van der Waals surface area contributed by atoms with Crippen molar-refractivity contribution in [2.24, 2.45) is 10.7 Å². The van der Waals surface area contributed by atoms with E-state index >= 15 is 0 Å². The zero-order valence-corrected chi connectivity index (χ0v) is 17.1. The average molecular weight is 400 g/mol. The van der Waals surface area contributed by atoms with E-state index in [1.165, 1.54) is 17.5 Å². The lowest BCUT2D eigenvalue weighted by Crippen LogP contribution is -2.23. The van der Waals surface area contributed by atoms with Gasteiger partial charge in [-0.25, -0.2) is 9.98 Å². The van der Waals surface area contributed by atoms with Crippen LogP contribution in [0.4, 0.5) is 10.8 Å². The topological polar surface area (TPSA) is 113 Å². The number of aliphatic imine (C=N–C) groups is 1. The Morgan fingerprint density at radius 3 is 2.79 bits per heavy atom. The Morgan fingerprint density at radius 2 is 2.04 bits per heavy atom. The smallest absolute Gasteiger partial charge is 0.267 e. The number of nitrogens with two attached hydrogens (primary N) is 1. The molecular formula is C20H25N5O2S. The summed E-state index contributed by atoms with van der Waals surface area (Å²) in [5.41, 5.74) is 10.5. The van der Waals surface area contributed by atoms with E-state index in [4.69, 9.17) is 5.73 Å². The van der Waals surface area contributed by atoms with Gasteiger partial charge in [0.1, 0.15) is 16.5 Å². The third kappa shape index (κ3) is 4.17. The number of nitrogens with zero attached hydrogens (tertiary/aromatic N) is 2. The number of hydrogen-bond acceptors (Lipinski definition) is 6. The fourth-order valence-electron chi connectivity index (χ4n) is 3.26. The zero-order chi connectivity index (χ0) is 20.3. The molecule has 0 bridgehead atoms. The highest BCUT2D eigenvalue weighted by atomic mass is 32.1. The molecule has 5 N–H and O–H groups in total. The van der Waals surface area contributed by atoms with Crippen LogP contribution in [-0.2, 0) is 0 Å². The molecular weight excluding hydrogens is 374 g/mol. The van der Waals surface area contributed by atoms with E-state index in [-0.39, 0.29) is 11.7 Å². The number of thiazole rings is 1. The Labute approximate surface area is 168 Å². The number of carbonyl (C=O) groups is 1. The number of anilines is 1. The standard InChI is InChI=1S/C20H25N5O2S/c1-11-8-9-15(26)12(2)17(11)24-19(27)16-10-23-20(28-16)25-18(21)13-6-4-5-7-14(13)22-3/h8-10,22,26H,4-7H2,1-3H3,(H,24,27)(H2,21,23,25). The van der Waals surface area contributed by atoms with Gasteiger partial charge in [-0.15, -0.1) is 0 Å². The minimum atomic E-state index is -0.290. The van der Waals surface area contributed by atoms with Crippen molar-refractivity contribution in [1.82, 2.24) is 10.3 Å². The molecule has 1 heterocycles. The molecule has 2 aromatic rings. The van der Waals surface area contributed by atoms with E-state index < -0.39 is 0 Å². The van der Waals surface area contributed by atoms with Crippen LogP contribution in [0.15, 0.2) is 34.6 Å². The number of aromatic nitrogens is 1. The number of benzene rings is 1. The van der Waals surface area contributed by atoms with Gasteiger partial charge in [0.25, 0.3) is 5.91 Å². The van der Waals surface area contributed by atoms with Crippen LogP contribution in [-0.4, -0.2) is 28.9 Å². The van der Waals surface area contributed by atoms with Gasteiger partial charge in [0.2, 0.25) is 5.13 Å². The average Bonchev–Trinajstić information content (AvgIpc) is 3.16. The third-order valence-corrected chi connectivity index (χ3v) is 5.79. The number of amides is 1. The van der Waals surface area contributed by atoms with Crippen LogP contribution < -0.4 is 16.4 Å². The van der Waals surface area contributed by atoms with Gasteiger partial charge in [0, 0.05) is 23.9 Å². The van der Waals surface area contributed by atoms with Crippen molar-refractivity contribution in [2.75, 3.05) is 12.4 Å². The van der Waals surface area contributed by atoms with Crippen LogP contribution in [0.2, 0.25) is 0 Å². The monoisotopic (exact) mass is 399 g/mol. The number of carbonyl (C=O) groups excluding carboxylic acids is 1. The van der Waals surface area contributed by atoms with Crippen molar-refractivity contribution in [1.29, 1.82) is 0 Å². The Kier molecular flexibility index (Phi) is 5.99. The summed E-state index contributed by atoms with van der Waals surface area (Å²) in [4.78, 5) is 21.7. The van der Waals surface area contributed by atoms with Crippen LogP contribution in [0, 0.1) is 13.8 Å². The third-order valence-electron chi connectivity index (χ3n) is 4.90. The first-order valence-corrected chi connectivity index (χ1v) is 10.0. The quantitative estimate of drug-likeness (QED) is 0.452. The van der Waals surface area contributed by atoms with E-state index in [2.05, 4.69) is 20.6 Å². The van der Waals surface area contributed by atoms with E-state index in [1.54, 1.807) is 19.1 Å². The van der Waals surface area contributed by atoms with Crippen LogP contribution in [0.5, 0.6) is 5.75 Å². The number of allylic oxidation sites excluding steroid dienone is 1. The first-order valence-electron chi connectivity index (χ1n) is 9.21. The zero-order valence-electron chi connectivity index (χ0n) is 16.3. The maximum absolute atomic E-state index is 12.6. The lowest BCUT2D eigenvalue weighted by molar-refractivity contribution is 0.103. The summed E-state index contributed by atoms with van der Waals surface area (Å²) in [6, 6.07) is 3.38. The van der Waals surface area contributed by atoms with Gasteiger partial charge in [0.05, 0.1) is 11.9 Å². The van der Waals surface area contributed by atoms with Gasteiger partial charge in [0.15, 0.2) is 0 Å². The number of phenolic OH excluding ortho intramolecular Hbond substituents is 1. The summed E-state index contributed by atoms with van der Waals surface area (Å²) in [5, 5.41) is 16.4. The second kappa shape index (κ2) is 8.43.